The maximum absolute atomic E-state index is 10.7. The standard InChI is InChI=1S/C15H18O3/c1-4-5-13-10-14(18-3)9-8-12(13)7-6-11(2)15(16)17/h4-11H,1-3H3,(H,16,17)/b5-4-,7-6+. The Balaban J connectivity index is 3.04. The smallest absolute Gasteiger partial charge is 0.310 e. The van der Waals surface area contributed by atoms with E-state index in [0.717, 1.165) is 16.9 Å². The van der Waals surface area contributed by atoms with E-state index in [4.69, 9.17) is 9.84 Å². The van der Waals surface area contributed by atoms with Gasteiger partial charge >= 0.3 is 5.97 Å². The summed E-state index contributed by atoms with van der Waals surface area (Å²) in [6, 6.07) is 5.70. The van der Waals surface area contributed by atoms with Crippen molar-refractivity contribution >= 4 is 18.1 Å². The molecular weight excluding hydrogens is 228 g/mol. The maximum Gasteiger partial charge on any atom is 0.310 e. The second-order valence-corrected chi connectivity index (χ2v) is 3.98. The van der Waals surface area contributed by atoms with Crippen LogP contribution in [0.15, 0.2) is 30.4 Å². The molecule has 0 amide bonds. The Labute approximate surface area is 107 Å². The summed E-state index contributed by atoms with van der Waals surface area (Å²) >= 11 is 0. The fraction of sp³-hybridized carbons (Fsp3) is 0.267. The second-order valence-electron chi connectivity index (χ2n) is 3.98. The number of benzene rings is 1. The van der Waals surface area contributed by atoms with Crippen molar-refractivity contribution in [1.82, 2.24) is 0 Å². The molecule has 1 rings (SSSR count). The molecule has 1 atom stereocenters. The Bertz CT molecular complexity index is 473. The van der Waals surface area contributed by atoms with E-state index in [1.54, 1.807) is 20.1 Å². The van der Waals surface area contributed by atoms with Gasteiger partial charge in [-0.2, -0.15) is 0 Å². The Kier molecular flexibility index (Phi) is 5.18. The van der Waals surface area contributed by atoms with Crippen LogP contribution in [0.4, 0.5) is 0 Å². The van der Waals surface area contributed by atoms with Crippen LogP contribution in [-0.2, 0) is 4.79 Å². The lowest BCUT2D eigenvalue weighted by Crippen LogP contribution is -2.05. The molecule has 3 heteroatoms. The third-order valence-electron chi connectivity index (χ3n) is 2.59. The summed E-state index contributed by atoms with van der Waals surface area (Å²) in [5.41, 5.74) is 1.98. The van der Waals surface area contributed by atoms with E-state index in [0.29, 0.717) is 0 Å². The Morgan fingerprint density at radius 1 is 1.33 bits per heavy atom. The fourth-order valence-electron chi connectivity index (χ4n) is 1.49. The molecule has 96 valence electrons. The number of rotatable bonds is 5. The first-order chi connectivity index (χ1) is 8.58. The highest BCUT2D eigenvalue weighted by atomic mass is 16.5. The molecule has 0 bridgehead atoms. The van der Waals surface area contributed by atoms with E-state index >= 15 is 0 Å². The molecule has 0 saturated heterocycles. The average molecular weight is 246 g/mol. The van der Waals surface area contributed by atoms with Gasteiger partial charge in [-0.05, 0) is 37.1 Å². The highest BCUT2D eigenvalue weighted by molar-refractivity contribution is 5.74. The lowest BCUT2D eigenvalue weighted by Gasteiger charge is -2.06. The first-order valence-electron chi connectivity index (χ1n) is 5.80. The molecule has 3 nitrogen and oxygen atoms in total. The van der Waals surface area contributed by atoms with Crippen molar-refractivity contribution in [2.75, 3.05) is 7.11 Å². The van der Waals surface area contributed by atoms with Crippen LogP contribution in [0, 0.1) is 5.92 Å². The summed E-state index contributed by atoms with van der Waals surface area (Å²) in [7, 11) is 1.62. The van der Waals surface area contributed by atoms with Crippen LogP contribution in [0.5, 0.6) is 5.75 Å². The zero-order chi connectivity index (χ0) is 13.5. The molecule has 0 spiro atoms. The third kappa shape index (κ3) is 3.77. The van der Waals surface area contributed by atoms with Crippen molar-refractivity contribution in [2.24, 2.45) is 5.92 Å². The van der Waals surface area contributed by atoms with Crippen molar-refractivity contribution in [1.29, 1.82) is 0 Å². The van der Waals surface area contributed by atoms with Crippen molar-refractivity contribution in [3.8, 4) is 5.75 Å². The first-order valence-corrected chi connectivity index (χ1v) is 5.80. The lowest BCUT2D eigenvalue weighted by molar-refractivity contribution is -0.139. The number of carboxylic acid groups (broad SMARTS) is 1. The van der Waals surface area contributed by atoms with Gasteiger partial charge < -0.3 is 9.84 Å². The van der Waals surface area contributed by atoms with Crippen LogP contribution in [0.3, 0.4) is 0 Å². The summed E-state index contributed by atoms with van der Waals surface area (Å²) in [5.74, 6) is -0.538. The number of carboxylic acids is 1. The average Bonchev–Trinajstić information content (AvgIpc) is 2.36. The highest BCUT2D eigenvalue weighted by Crippen LogP contribution is 2.21. The van der Waals surface area contributed by atoms with Crippen molar-refractivity contribution in [3.05, 3.63) is 41.5 Å². The summed E-state index contributed by atoms with van der Waals surface area (Å²) in [6.07, 6.45) is 7.41. The highest BCUT2D eigenvalue weighted by Gasteiger charge is 2.06. The van der Waals surface area contributed by atoms with Gasteiger partial charge in [-0.25, -0.2) is 0 Å². The minimum atomic E-state index is -0.827. The lowest BCUT2D eigenvalue weighted by atomic mass is 10.0. The molecular formula is C15H18O3. The number of hydrogen-bond donors (Lipinski definition) is 1. The van der Waals surface area contributed by atoms with Gasteiger partial charge in [0.05, 0.1) is 13.0 Å². The molecule has 0 radical (unpaired) electrons. The summed E-state index contributed by atoms with van der Waals surface area (Å²) in [5, 5.41) is 8.83. The predicted molar refractivity (Wildman–Crippen MR) is 73.5 cm³/mol. The normalized spacial score (nSPS) is 13.1. The molecule has 18 heavy (non-hydrogen) atoms. The van der Waals surface area contributed by atoms with Crippen molar-refractivity contribution in [2.45, 2.75) is 13.8 Å². The summed E-state index contributed by atoms with van der Waals surface area (Å²) in [4.78, 5) is 10.7. The van der Waals surface area contributed by atoms with E-state index in [1.807, 2.05) is 43.4 Å². The van der Waals surface area contributed by atoms with Crippen molar-refractivity contribution < 1.29 is 14.6 Å². The SMILES string of the molecule is C/C=C\c1cc(OC)ccc1/C=C/C(C)C(=O)O. The van der Waals surface area contributed by atoms with Gasteiger partial charge in [-0.1, -0.05) is 30.4 Å². The van der Waals surface area contributed by atoms with Crippen LogP contribution in [0.2, 0.25) is 0 Å². The quantitative estimate of drug-likeness (QED) is 0.865. The molecule has 0 heterocycles. The van der Waals surface area contributed by atoms with Crippen molar-refractivity contribution in [3.63, 3.8) is 0 Å². The summed E-state index contributed by atoms with van der Waals surface area (Å²) in [6.45, 7) is 3.59. The van der Waals surface area contributed by atoms with Gasteiger partial charge in [0.1, 0.15) is 5.75 Å². The van der Waals surface area contributed by atoms with Crippen LogP contribution in [0.1, 0.15) is 25.0 Å². The maximum atomic E-state index is 10.7. The Hall–Kier alpha value is -2.03. The minimum Gasteiger partial charge on any atom is -0.497 e. The molecule has 0 aliphatic heterocycles. The van der Waals surface area contributed by atoms with E-state index in [2.05, 4.69) is 0 Å². The predicted octanol–water partition coefficient (Wildman–Crippen LogP) is 3.46. The van der Waals surface area contributed by atoms with Crippen LogP contribution < -0.4 is 4.74 Å². The molecule has 1 aromatic rings. The molecule has 0 aliphatic carbocycles. The molecule has 1 N–H and O–H groups in total. The minimum absolute atomic E-state index is 0.495. The topological polar surface area (TPSA) is 46.5 Å². The molecule has 0 aromatic heterocycles. The van der Waals surface area contributed by atoms with Gasteiger partial charge in [0.25, 0.3) is 0 Å². The molecule has 0 aliphatic rings. The number of carbonyl (C=O) groups is 1. The second kappa shape index (κ2) is 6.64. The largest absolute Gasteiger partial charge is 0.497 e. The third-order valence-corrected chi connectivity index (χ3v) is 2.59. The van der Waals surface area contributed by atoms with E-state index in [9.17, 15) is 4.79 Å². The Morgan fingerprint density at radius 2 is 2.06 bits per heavy atom. The zero-order valence-electron chi connectivity index (χ0n) is 10.9. The van der Waals surface area contributed by atoms with Gasteiger partial charge in [-0.15, -0.1) is 0 Å². The number of hydrogen-bond acceptors (Lipinski definition) is 2. The van der Waals surface area contributed by atoms with Crippen LogP contribution in [0.25, 0.3) is 12.2 Å². The van der Waals surface area contributed by atoms with Crippen LogP contribution >= 0.6 is 0 Å². The first kappa shape index (κ1) is 14.0. The molecule has 1 unspecified atom stereocenters. The van der Waals surface area contributed by atoms with Gasteiger partial charge in [-0.3, -0.25) is 4.79 Å². The van der Waals surface area contributed by atoms with E-state index < -0.39 is 11.9 Å². The van der Waals surface area contributed by atoms with Crippen LogP contribution in [-0.4, -0.2) is 18.2 Å². The van der Waals surface area contributed by atoms with Gasteiger partial charge in [0.2, 0.25) is 0 Å². The van der Waals surface area contributed by atoms with Gasteiger partial charge in [0.15, 0.2) is 0 Å². The van der Waals surface area contributed by atoms with E-state index in [-0.39, 0.29) is 0 Å². The summed E-state index contributed by atoms with van der Waals surface area (Å²) < 4.78 is 5.17. The number of allylic oxidation sites excluding steroid dienone is 1. The number of methoxy groups -OCH3 is 1. The zero-order valence-corrected chi connectivity index (χ0v) is 10.9. The molecule has 0 fully saturated rings. The van der Waals surface area contributed by atoms with Gasteiger partial charge in [0, 0.05) is 0 Å². The Morgan fingerprint density at radius 3 is 2.61 bits per heavy atom. The van der Waals surface area contributed by atoms with E-state index in [1.165, 1.54) is 0 Å². The number of ether oxygens (including phenoxy) is 1. The molecule has 0 saturated carbocycles. The number of aliphatic carboxylic acids is 1. The molecule has 1 aromatic carbocycles. The monoisotopic (exact) mass is 246 g/mol. The fourth-order valence-corrected chi connectivity index (χ4v) is 1.49.